The molecule has 1 aromatic heterocycles. The number of amides is 1. The van der Waals surface area contributed by atoms with Crippen molar-refractivity contribution in [3.8, 4) is 0 Å². The summed E-state index contributed by atoms with van der Waals surface area (Å²) in [5.41, 5.74) is 3.32. The number of carboxylic acids is 1. The maximum Gasteiger partial charge on any atom is 0.335 e. The monoisotopic (exact) mass is 290 g/mol. The van der Waals surface area contributed by atoms with E-state index in [0.717, 1.165) is 0 Å². The molecule has 6 heteroatoms. The summed E-state index contributed by atoms with van der Waals surface area (Å²) in [5.74, 6) is -1.12. The molecule has 1 heterocycles. The molecule has 2 N–H and O–H groups in total. The first-order valence-electron chi connectivity index (χ1n) is 6.09. The van der Waals surface area contributed by atoms with Crippen molar-refractivity contribution in [2.75, 3.05) is 6.54 Å². The number of nitrogens with zero attached hydrogens (tertiary/aromatic N) is 1. The molecular formula is C14H14N2O3S. The SMILES string of the molecule is Cc1ncsc1C(=O)NCCc1ccccc1C(=O)O. The average molecular weight is 290 g/mol. The van der Waals surface area contributed by atoms with Crippen molar-refractivity contribution in [2.45, 2.75) is 13.3 Å². The number of carbonyl (C=O) groups excluding carboxylic acids is 1. The summed E-state index contributed by atoms with van der Waals surface area (Å²) in [7, 11) is 0. The van der Waals surface area contributed by atoms with Gasteiger partial charge in [0.2, 0.25) is 0 Å². The van der Waals surface area contributed by atoms with Crippen molar-refractivity contribution in [3.63, 3.8) is 0 Å². The van der Waals surface area contributed by atoms with Gasteiger partial charge in [-0.25, -0.2) is 9.78 Å². The van der Waals surface area contributed by atoms with Crippen LogP contribution in [0.1, 0.15) is 31.3 Å². The molecule has 0 bridgehead atoms. The largest absolute Gasteiger partial charge is 0.478 e. The van der Waals surface area contributed by atoms with Crippen LogP contribution in [0.15, 0.2) is 29.8 Å². The van der Waals surface area contributed by atoms with Crippen LogP contribution in [-0.4, -0.2) is 28.5 Å². The van der Waals surface area contributed by atoms with E-state index < -0.39 is 5.97 Å². The number of hydrogen-bond acceptors (Lipinski definition) is 4. The van der Waals surface area contributed by atoms with Crippen LogP contribution in [0.4, 0.5) is 0 Å². The summed E-state index contributed by atoms with van der Waals surface area (Å²) < 4.78 is 0. The Labute approximate surface area is 120 Å². The molecule has 1 amide bonds. The molecule has 0 aliphatic carbocycles. The van der Waals surface area contributed by atoms with E-state index in [1.807, 2.05) is 0 Å². The van der Waals surface area contributed by atoms with Crippen molar-refractivity contribution in [1.82, 2.24) is 10.3 Å². The molecule has 0 saturated carbocycles. The molecule has 0 unspecified atom stereocenters. The first-order chi connectivity index (χ1) is 9.59. The summed E-state index contributed by atoms with van der Waals surface area (Å²) in [4.78, 5) is 27.6. The molecular weight excluding hydrogens is 276 g/mol. The van der Waals surface area contributed by atoms with Crippen LogP contribution in [-0.2, 0) is 6.42 Å². The smallest absolute Gasteiger partial charge is 0.335 e. The molecule has 0 radical (unpaired) electrons. The second kappa shape index (κ2) is 6.29. The lowest BCUT2D eigenvalue weighted by atomic mass is 10.0. The summed E-state index contributed by atoms with van der Waals surface area (Å²) in [5, 5.41) is 11.8. The number of aryl methyl sites for hydroxylation is 1. The highest BCUT2D eigenvalue weighted by molar-refractivity contribution is 7.11. The lowest BCUT2D eigenvalue weighted by Gasteiger charge is -2.07. The Kier molecular flexibility index (Phi) is 4.47. The maximum absolute atomic E-state index is 11.9. The fourth-order valence-corrected chi connectivity index (χ4v) is 2.58. The molecule has 5 nitrogen and oxygen atoms in total. The third-order valence-electron chi connectivity index (χ3n) is 2.88. The van der Waals surface area contributed by atoms with Gasteiger partial charge < -0.3 is 10.4 Å². The second-order valence-corrected chi connectivity index (χ2v) is 5.09. The number of nitrogens with one attached hydrogen (secondary N) is 1. The second-order valence-electron chi connectivity index (χ2n) is 4.24. The fraction of sp³-hybridized carbons (Fsp3) is 0.214. The van der Waals surface area contributed by atoms with E-state index in [0.29, 0.717) is 29.1 Å². The summed E-state index contributed by atoms with van der Waals surface area (Å²) in [6.07, 6.45) is 0.478. The third-order valence-corrected chi connectivity index (χ3v) is 3.81. The number of thiazole rings is 1. The van der Waals surface area contributed by atoms with Crippen LogP contribution < -0.4 is 5.32 Å². The van der Waals surface area contributed by atoms with Gasteiger partial charge in [-0.2, -0.15) is 0 Å². The third kappa shape index (κ3) is 3.21. The predicted molar refractivity (Wildman–Crippen MR) is 76.3 cm³/mol. The molecule has 0 aliphatic rings. The topological polar surface area (TPSA) is 79.3 Å². The van der Waals surface area contributed by atoms with Crippen LogP contribution in [0.25, 0.3) is 0 Å². The van der Waals surface area contributed by atoms with Crippen LogP contribution in [0, 0.1) is 6.92 Å². The van der Waals surface area contributed by atoms with Gasteiger partial charge in [-0.1, -0.05) is 18.2 Å². The number of carbonyl (C=O) groups is 2. The van der Waals surface area contributed by atoms with Gasteiger partial charge in [0.1, 0.15) is 4.88 Å². The Morgan fingerprint density at radius 1 is 1.35 bits per heavy atom. The van der Waals surface area contributed by atoms with Gasteiger partial charge in [0.05, 0.1) is 16.8 Å². The normalized spacial score (nSPS) is 10.2. The van der Waals surface area contributed by atoms with E-state index >= 15 is 0 Å². The van der Waals surface area contributed by atoms with Crippen LogP contribution >= 0.6 is 11.3 Å². The minimum atomic E-state index is -0.953. The molecule has 0 atom stereocenters. The Morgan fingerprint density at radius 2 is 2.10 bits per heavy atom. The number of hydrogen-bond donors (Lipinski definition) is 2. The average Bonchev–Trinajstić information content (AvgIpc) is 2.85. The minimum absolute atomic E-state index is 0.169. The van der Waals surface area contributed by atoms with Gasteiger partial charge in [-0.05, 0) is 25.0 Å². The molecule has 0 spiro atoms. The van der Waals surface area contributed by atoms with Gasteiger partial charge in [-0.15, -0.1) is 11.3 Å². The Hall–Kier alpha value is -2.21. The van der Waals surface area contributed by atoms with Crippen molar-refractivity contribution in [1.29, 1.82) is 0 Å². The van der Waals surface area contributed by atoms with Crippen molar-refractivity contribution < 1.29 is 14.7 Å². The van der Waals surface area contributed by atoms with Crippen LogP contribution in [0.3, 0.4) is 0 Å². The van der Waals surface area contributed by atoms with Crippen LogP contribution in [0.2, 0.25) is 0 Å². The number of benzene rings is 1. The highest BCUT2D eigenvalue weighted by atomic mass is 32.1. The zero-order valence-electron chi connectivity index (χ0n) is 10.9. The van der Waals surface area contributed by atoms with Gasteiger partial charge in [0.25, 0.3) is 5.91 Å². The van der Waals surface area contributed by atoms with Gasteiger partial charge in [0, 0.05) is 6.54 Å². The zero-order chi connectivity index (χ0) is 14.5. The van der Waals surface area contributed by atoms with Crippen molar-refractivity contribution in [3.05, 3.63) is 51.5 Å². The molecule has 1 aromatic carbocycles. The van der Waals surface area contributed by atoms with E-state index in [4.69, 9.17) is 5.11 Å². The fourth-order valence-electron chi connectivity index (χ4n) is 1.86. The van der Waals surface area contributed by atoms with E-state index in [-0.39, 0.29) is 11.5 Å². The van der Waals surface area contributed by atoms with Gasteiger partial charge in [0.15, 0.2) is 0 Å². The summed E-state index contributed by atoms with van der Waals surface area (Å²) in [6.45, 7) is 2.17. The quantitative estimate of drug-likeness (QED) is 0.884. The molecule has 0 saturated heterocycles. The first-order valence-corrected chi connectivity index (χ1v) is 6.97. The lowest BCUT2D eigenvalue weighted by Crippen LogP contribution is -2.26. The molecule has 104 valence electrons. The predicted octanol–water partition coefficient (Wildman–Crippen LogP) is 2.12. The van der Waals surface area contributed by atoms with E-state index in [1.165, 1.54) is 11.3 Å². The van der Waals surface area contributed by atoms with Gasteiger partial charge >= 0.3 is 5.97 Å². The number of aromatic nitrogens is 1. The summed E-state index contributed by atoms with van der Waals surface area (Å²) >= 11 is 1.29. The number of carboxylic acid groups (broad SMARTS) is 1. The molecule has 2 rings (SSSR count). The minimum Gasteiger partial charge on any atom is -0.478 e. The number of rotatable bonds is 5. The van der Waals surface area contributed by atoms with Gasteiger partial charge in [-0.3, -0.25) is 4.79 Å². The van der Waals surface area contributed by atoms with Crippen LogP contribution in [0.5, 0.6) is 0 Å². The van der Waals surface area contributed by atoms with Crippen molar-refractivity contribution in [2.24, 2.45) is 0 Å². The highest BCUT2D eigenvalue weighted by Crippen LogP contribution is 2.12. The molecule has 0 aliphatic heterocycles. The Balaban J connectivity index is 1.95. The first kappa shape index (κ1) is 14.2. The highest BCUT2D eigenvalue weighted by Gasteiger charge is 2.12. The standard InChI is InChI=1S/C14H14N2O3S/c1-9-12(20-8-16-9)13(17)15-7-6-10-4-2-3-5-11(10)14(18)19/h2-5,8H,6-7H2,1H3,(H,15,17)(H,18,19). The Morgan fingerprint density at radius 3 is 2.75 bits per heavy atom. The zero-order valence-corrected chi connectivity index (χ0v) is 11.7. The van der Waals surface area contributed by atoms with E-state index in [1.54, 1.807) is 36.7 Å². The lowest BCUT2D eigenvalue weighted by molar-refractivity contribution is 0.0695. The molecule has 2 aromatic rings. The van der Waals surface area contributed by atoms with E-state index in [2.05, 4.69) is 10.3 Å². The number of aromatic carboxylic acids is 1. The maximum atomic E-state index is 11.9. The molecule has 0 fully saturated rings. The van der Waals surface area contributed by atoms with Crippen molar-refractivity contribution >= 4 is 23.2 Å². The summed E-state index contributed by atoms with van der Waals surface area (Å²) in [6, 6.07) is 6.80. The molecule has 20 heavy (non-hydrogen) atoms. The Bertz CT molecular complexity index is 637. The van der Waals surface area contributed by atoms with E-state index in [9.17, 15) is 9.59 Å².